The molecular formula is C13H14N6O3. The molecule has 0 saturated carbocycles. The van der Waals surface area contributed by atoms with E-state index in [-0.39, 0.29) is 11.3 Å². The molecule has 1 aliphatic rings. The number of amides is 1. The second-order valence-electron chi connectivity index (χ2n) is 4.99. The maximum absolute atomic E-state index is 11.1. The Labute approximate surface area is 125 Å². The van der Waals surface area contributed by atoms with E-state index < -0.39 is 10.8 Å². The molecule has 0 bridgehead atoms. The number of anilines is 1. The van der Waals surface area contributed by atoms with E-state index in [4.69, 9.17) is 5.73 Å². The van der Waals surface area contributed by atoms with E-state index in [1.807, 2.05) is 4.57 Å². The Bertz CT molecular complexity index is 754. The standard InChI is InChI=1S/C13H14N6O3/c14-13(20)8-3-4-9(10(6-8)19(21)22)15-7-12-17-16-11-2-1-5-18(11)12/h3-4,6,15H,1-2,5,7H2,(H2,14,20). The average Bonchev–Trinajstić information content (AvgIpc) is 3.08. The number of nitrogens with zero attached hydrogens (tertiary/aromatic N) is 4. The van der Waals surface area contributed by atoms with Gasteiger partial charge in [0, 0.05) is 24.6 Å². The van der Waals surface area contributed by atoms with Crippen molar-refractivity contribution in [2.75, 3.05) is 5.32 Å². The molecule has 2 heterocycles. The molecule has 9 nitrogen and oxygen atoms in total. The first-order valence-corrected chi connectivity index (χ1v) is 6.79. The number of fused-ring (bicyclic) bond motifs is 1. The monoisotopic (exact) mass is 302 g/mol. The summed E-state index contributed by atoms with van der Waals surface area (Å²) in [6.45, 7) is 1.19. The molecule has 0 spiro atoms. The van der Waals surface area contributed by atoms with Crippen molar-refractivity contribution in [3.05, 3.63) is 45.5 Å². The Balaban J connectivity index is 1.82. The molecule has 1 aromatic heterocycles. The molecule has 0 aliphatic carbocycles. The van der Waals surface area contributed by atoms with Crippen molar-refractivity contribution in [3.63, 3.8) is 0 Å². The summed E-state index contributed by atoms with van der Waals surface area (Å²) in [5.74, 6) is 0.973. The summed E-state index contributed by atoms with van der Waals surface area (Å²) in [4.78, 5) is 21.7. The van der Waals surface area contributed by atoms with Crippen LogP contribution in [0.2, 0.25) is 0 Å². The summed E-state index contributed by atoms with van der Waals surface area (Å²) in [7, 11) is 0. The number of rotatable bonds is 5. The minimum atomic E-state index is -0.704. The smallest absolute Gasteiger partial charge is 0.293 e. The van der Waals surface area contributed by atoms with Crippen molar-refractivity contribution in [1.29, 1.82) is 0 Å². The molecule has 1 amide bonds. The highest BCUT2D eigenvalue weighted by atomic mass is 16.6. The number of nitro benzene ring substituents is 1. The highest BCUT2D eigenvalue weighted by molar-refractivity contribution is 5.94. The predicted octanol–water partition coefficient (Wildman–Crippen LogP) is 0.843. The van der Waals surface area contributed by atoms with Crippen LogP contribution < -0.4 is 11.1 Å². The third-order valence-electron chi connectivity index (χ3n) is 3.60. The van der Waals surface area contributed by atoms with Crippen molar-refractivity contribution < 1.29 is 9.72 Å². The second kappa shape index (κ2) is 5.43. The van der Waals surface area contributed by atoms with Crippen LogP contribution in [0.3, 0.4) is 0 Å². The Morgan fingerprint density at radius 3 is 3.00 bits per heavy atom. The van der Waals surface area contributed by atoms with Gasteiger partial charge in [-0.2, -0.15) is 0 Å². The molecule has 0 fully saturated rings. The van der Waals surface area contributed by atoms with E-state index in [1.165, 1.54) is 18.2 Å². The van der Waals surface area contributed by atoms with Gasteiger partial charge in [-0.1, -0.05) is 0 Å². The van der Waals surface area contributed by atoms with Crippen molar-refractivity contribution in [2.45, 2.75) is 25.9 Å². The van der Waals surface area contributed by atoms with Crippen LogP contribution in [0.4, 0.5) is 11.4 Å². The zero-order valence-corrected chi connectivity index (χ0v) is 11.7. The number of nitrogens with one attached hydrogen (secondary N) is 1. The van der Waals surface area contributed by atoms with E-state index >= 15 is 0 Å². The molecule has 0 unspecified atom stereocenters. The van der Waals surface area contributed by atoms with E-state index in [9.17, 15) is 14.9 Å². The van der Waals surface area contributed by atoms with Gasteiger partial charge in [0.05, 0.1) is 11.5 Å². The number of primary amides is 1. The molecule has 3 N–H and O–H groups in total. The van der Waals surface area contributed by atoms with Gasteiger partial charge in [-0.25, -0.2) is 0 Å². The van der Waals surface area contributed by atoms with Gasteiger partial charge in [0.1, 0.15) is 11.5 Å². The van der Waals surface area contributed by atoms with Gasteiger partial charge in [0.25, 0.3) is 5.69 Å². The van der Waals surface area contributed by atoms with E-state index in [2.05, 4.69) is 15.5 Å². The van der Waals surface area contributed by atoms with Crippen molar-refractivity contribution in [1.82, 2.24) is 14.8 Å². The molecule has 114 valence electrons. The number of hydrogen-bond donors (Lipinski definition) is 2. The van der Waals surface area contributed by atoms with Gasteiger partial charge in [-0.15, -0.1) is 10.2 Å². The lowest BCUT2D eigenvalue weighted by Crippen LogP contribution is -2.12. The van der Waals surface area contributed by atoms with E-state index in [0.717, 1.165) is 31.0 Å². The number of aryl methyl sites for hydroxylation is 1. The quantitative estimate of drug-likeness (QED) is 0.622. The van der Waals surface area contributed by atoms with Crippen LogP contribution in [0.25, 0.3) is 0 Å². The summed E-state index contributed by atoms with van der Waals surface area (Å²) in [5.41, 5.74) is 5.35. The van der Waals surface area contributed by atoms with Crippen molar-refractivity contribution in [3.8, 4) is 0 Å². The largest absolute Gasteiger partial charge is 0.372 e. The Kier molecular flexibility index (Phi) is 3.45. The molecule has 1 aliphatic heterocycles. The molecule has 3 rings (SSSR count). The third-order valence-corrected chi connectivity index (χ3v) is 3.60. The minimum Gasteiger partial charge on any atom is -0.372 e. The normalized spacial score (nSPS) is 12.9. The number of aromatic nitrogens is 3. The number of hydrogen-bond acceptors (Lipinski definition) is 6. The lowest BCUT2D eigenvalue weighted by molar-refractivity contribution is -0.384. The van der Waals surface area contributed by atoms with Gasteiger partial charge in [0.2, 0.25) is 5.91 Å². The predicted molar refractivity (Wildman–Crippen MR) is 77.3 cm³/mol. The summed E-state index contributed by atoms with van der Waals surface area (Å²) in [5, 5.41) is 22.3. The highest BCUT2D eigenvalue weighted by Crippen LogP contribution is 2.26. The molecule has 22 heavy (non-hydrogen) atoms. The summed E-state index contributed by atoms with van der Waals surface area (Å²) in [6, 6.07) is 4.09. The van der Waals surface area contributed by atoms with Crippen LogP contribution in [-0.2, 0) is 19.5 Å². The first-order chi connectivity index (χ1) is 10.6. The lowest BCUT2D eigenvalue weighted by atomic mass is 10.1. The summed E-state index contributed by atoms with van der Waals surface area (Å²) < 4.78 is 2.01. The molecule has 9 heteroatoms. The van der Waals surface area contributed by atoms with Crippen molar-refractivity contribution >= 4 is 17.3 Å². The molecule has 2 aromatic rings. The van der Waals surface area contributed by atoms with Gasteiger partial charge in [-0.3, -0.25) is 14.9 Å². The Morgan fingerprint density at radius 1 is 1.45 bits per heavy atom. The van der Waals surface area contributed by atoms with Crippen LogP contribution in [0.1, 0.15) is 28.4 Å². The van der Waals surface area contributed by atoms with Crippen LogP contribution in [-0.4, -0.2) is 25.6 Å². The highest BCUT2D eigenvalue weighted by Gasteiger charge is 2.19. The molecule has 0 atom stereocenters. The summed E-state index contributed by atoms with van der Waals surface area (Å²) in [6.07, 6.45) is 1.94. The number of carbonyl (C=O) groups excluding carboxylic acids is 1. The van der Waals surface area contributed by atoms with E-state index in [0.29, 0.717) is 12.2 Å². The van der Waals surface area contributed by atoms with Crippen LogP contribution in [0.5, 0.6) is 0 Å². The molecular weight excluding hydrogens is 288 g/mol. The van der Waals surface area contributed by atoms with Crippen LogP contribution in [0, 0.1) is 10.1 Å². The number of benzene rings is 1. The minimum absolute atomic E-state index is 0.0978. The zero-order valence-electron chi connectivity index (χ0n) is 11.7. The number of nitro groups is 1. The van der Waals surface area contributed by atoms with Gasteiger partial charge in [-0.05, 0) is 18.6 Å². The maximum Gasteiger partial charge on any atom is 0.293 e. The van der Waals surface area contributed by atoms with E-state index in [1.54, 1.807) is 0 Å². The van der Waals surface area contributed by atoms with Gasteiger partial charge >= 0.3 is 0 Å². The Morgan fingerprint density at radius 2 is 2.27 bits per heavy atom. The third kappa shape index (κ3) is 2.48. The first kappa shape index (κ1) is 14.0. The lowest BCUT2D eigenvalue weighted by Gasteiger charge is -2.08. The Hall–Kier alpha value is -2.97. The molecule has 1 aromatic carbocycles. The topological polar surface area (TPSA) is 129 Å². The first-order valence-electron chi connectivity index (χ1n) is 6.79. The zero-order chi connectivity index (χ0) is 15.7. The SMILES string of the molecule is NC(=O)c1ccc(NCc2nnc3n2CCC3)c([N+](=O)[O-])c1. The fraction of sp³-hybridized carbons (Fsp3) is 0.308. The summed E-state index contributed by atoms with van der Waals surface area (Å²) >= 11 is 0. The molecule has 0 radical (unpaired) electrons. The average molecular weight is 302 g/mol. The fourth-order valence-corrected chi connectivity index (χ4v) is 2.50. The van der Waals surface area contributed by atoms with Crippen LogP contribution in [0.15, 0.2) is 18.2 Å². The van der Waals surface area contributed by atoms with Crippen molar-refractivity contribution in [2.24, 2.45) is 5.73 Å². The second-order valence-corrected chi connectivity index (χ2v) is 4.99. The van der Waals surface area contributed by atoms with Crippen LogP contribution >= 0.6 is 0 Å². The fourth-order valence-electron chi connectivity index (χ4n) is 2.50. The number of carbonyl (C=O) groups is 1. The maximum atomic E-state index is 11.1. The molecule has 0 saturated heterocycles. The van der Waals surface area contributed by atoms with Gasteiger partial charge < -0.3 is 15.6 Å². The number of nitrogens with two attached hydrogens (primary N) is 1. The van der Waals surface area contributed by atoms with Gasteiger partial charge in [0.15, 0.2) is 5.82 Å².